The molecule has 0 radical (unpaired) electrons. The van der Waals surface area contributed by atoms with Gasteiger partial charge in [-0.15, -0.1) is 0 Å². The number of hydrogen-bond acceptors (Lipinski definition) is 5. The van der Waals surface area contributed by atoms with E-state index >= 15 is 0 Å². The molecule has 0 spiro atoms. The van der Waals surface area contributed by atoms with Crippen molar-refractivity contribution in [3.63, 3.8) is 0 Å². The highest BCUT2D eigenvalue weighted by Crippen LogP contribution is 2.40. The Bertz CT molecular complexity index is 878. The van der Waals surface area contributed by atoms with Gasteiger partial charge in [0.25, 0.3) is 5.91 Å². The van der Waals surface area contributed by atoms with Crippen molar-refractivity contribution in [2.75, 3.05) is 33.2 Å². The average molecular weight is 382 g/mol. The second kappa shape index (κ2) is 8.04. The van der Waals surface area contributed by atoms with Crippen LogP contribution in [0.3, 0.4) is 0 Å². The number of anilines is 1. The van der Waals surface area contributed by atoms with Crippen LogP contribution < -0.4 is 19.5 Å². The summed E-state index contributed by atoms with van der Waals surface area (Å²) in [4.78, 5) is 26.4. The lowest BCUT2D eigenvalue weighted by atomic mass is 10.1. The molecule has 0 unspecified atom stereocenters. The Morgan fingerprint density at radius 1 is 1.04 bits per heavy atom. The predicted molar refractivity (Wildman–Crippen MR) is 106 cm³/mol. The number of fused-ring (bicyclic) bond motifs is 1. The van der Waals surface area contributed by atoms with Crippen LogP contribution in [0.15, 0.2) is 43.0 Å². The van der Waals surface area contributed by atoms with Gasteiger partial charge in [0.2, 0.25) is 11.7 Å². The van der Waals surface area contributed by atoms with Crippen LogP contribution >= 0.6 is 0 Å². The Hall–Kier alpha value is -3.48. The summed E-state index contributed by atoms with van der Waals surface area (Å²) in [6.07, 6.45) is 0.120. The molecular weight excluding hydrogens is 360 g/mol. The standard InChI is InChI=1S/C21H22N2O5/c1-13-15-7-5-6-8-16(15)21(25)23(13)10-9-19(24)22-14-11-17(26-2)20(28-4)18(12-14)27-3/h5-8,11-12H,1,9-10H2,2-4H3,(H,22,24). The second-order valence-corrected chi connectivity index (χ2v) is 6.16. The molecule has 2 amide bonds. The summed E-state index contributed by atoms with van der Waals surface area (Å²) in [6.45, 7) is 4.22. The Labute approximate surface area is 163 Å². The van der Waals surface area contributed by atoms with Crippen LogP contribution in [0.4, 0.5) is 5.69 Å². The molecule has 0 saturated carbocycles. The first kappa shape index (κ1) is 19.3. The zero-order chi connectivity index (χ0) is 20.3. The molecule has 2 aromatic carbocycles. The minimum atomic E-state index is -0.245. The van der Waals surface area contributed by atoms with Crippen LogP contribution in [0.1, 0.15) is 22.3 Å². The van der Waals surface area contributed by atoms with Crippen LogP contribution in [0.5, 0.6) is 17.2 Å². The largest absolute Gasteiger partial charge is 0.493 e. The fraction of sp³-hybridized carbons (Fsp3) is 0.238. The van der Waals surface area contributed by atoms with Gasteiger partial charge in [-0.3, -0.25) is 9.59 Å². The number of nitrogens with zero attached hydrogens (tertiary/aromatic N) is 1. The summed E-state index contributed by atoms with van der Waals surface area (Å²) in [5, 5.41) is 2.80. The van der Waals surface area contributed by atoms with Crippen molar-refractivity contribution in [3.8, 4) is 17.2 Å². The summed E-state index contributed by atoms with van der Waals surface area (Å²) in [7, 11) is 4.52. The zero-order valence-electron chi connectivity index (χ0n) is 16.1. The number of methoxy groups -OCH3 is 3. The Morgan fingerprint density at radius 2 is 1.64 bits per heavy atom. The summed E-state index contributed by atoms with van der Waals surface area (Å²) < 4.78 is 15.8. The van der Waals surface area contributed by atoms with Gasteiger partial charge in [0, 0.05) is 47.6 Å². The first-order valence-electron chi connectivity index (χ1n) is 8.70. The van der Waals surface area contributed by atoms with Crippen molar-refractivity contribution < 1.29 is 23.8 Å². The molecule has 1 aliphatic heterocycles. The van der Waals surface area contributed by atoms with E-state index in [1.54, 1.807) is 18.2 Å². The van der Waals surface area contributed by atoms with E-state index in [1.165, 1.54) is 26.2 Å². The minimum absolute atomic E-state index is 0.120. The third-order valence-electron chi connectivity index (χ3n) is 4.55. The van der Waals surface area contributed by atoms with Crippen molar-refractivity contribution in [1.82, 2.24) is 4.90 Å². The molecule has 7 heteroatoms. The lowest BCUT2D eigenvalue weighted by Gasteiger charge is -2.18. The molecule has 7 nitrogen and oxygen atoms in total. The first-order valence-corrected chi connectivity index (χ1v) is 8.70. The van der Waals surface area contributed by atoms with Gasteiger partial charge in [-0.25, -0.2) is 0 Å². The van der Waals surface area contributed by atoms with E-state index in [2.05, 4.69) is 11.9 Å². The minimum Gasteiger partial charge on any atom is -0.493 e. The van der Waals surface area contributed by atoms with Gasteiger partial charge in [0.15, 0.2) is 11.5 Å². The van der Waals surface area contributed by atoms with Crippen LogP contribution in [0.25, 0.3) is 5.70 Å². The summed E-state index contributed by atoms with van der Waals surface area (Å²) in [5.74, 6) is 0.943. The SMILES string of the molecule is C=C1c2ccccc2C(=O)N1CCC(=O)Nc1cc(OC)c(OC)c(OC)c1. The van der Waals surface area contributed by atoms with E-state index in [1.807, 2.05) is 18.2 Å². The van der Waals surface area contributed by atoms with Gasteiger partial charge in [0.1, 0.15) is 0 Å². The number of carbonyl (C=O) groups is 2. The first-order chi connectivity index (χ1) is 13.5. The van der Waals surface area contributed by atoms with Gasteiger partial charge in [0.05, 0.1) is 21.3 Å². The number of rotatable bonds is 7. The lowest BCUT2D eigenvalue weighted by molar-refractivity contribution is -0.116. The molecule has 0 aromatic heterocycles. The van der Waals surface area contributed by atoms with E-state index in [4.69, 9.17) is 14.2 Å². The lowest BCUT2D eigenvalue weighted by Crippen LogP contribution is -2.27. The molecule has 0 bridgehead atoms. The zero-order valence-corrected chi connectivity index (χ0v) is 16.1. The van der Waals surface area contributed by atoms with Gasteiger partial charge in [-0.1, -0.05) is 24.8 Å². The molecule has 1 heterocycles. The monoisotopic (exact) mass is 382 g/mol. The molecule has 146 valence electrons. The van der Waals surface area contributed by atoms with E-state index in [-0.39, 0.29) is 24.8 Å². The van der Waals surface area contributed by atoms with Crippen molar-refractivity contribution in [2.45, 2.75) is 6.42 Å². The molecule has 2 aromatic rings. The van der Waals surface area contributed by atoms with Crippen LogP contribution in [0.2, 0.25) is 0 Å². The third kappa shape index (κ3) is 3.51. The predicted octanol–water partition coefficient (Wildman–Crippen LogP) is 3.17. The maximum atomic E-state index is 12.5. The quantitative estimate of drug-likeness (QED) is 0.796. The molecule has 1 aliphatic rings. The Kier molecular flexibility index (Phi) is 5.54. The molecule has 28 heavy (non-hydrogen) atoms. The van der Waals surface area contributed by atoms with Crippen molar-refractivity contribution in [2.24, 2.45) is 0 Å². The topological polar surface area (TPSA) is 77.1 Å². The maximum Gasteiger partial charge on any atom is 0.258 e. The average Bonchev–Trinajstić information content (AvgIpc) is 2.96. The van der Waals surface area contributed by atoms with E-state index in [9.17, 15) is 9.59 Å². The fourth-order valence-corrected chi connectivity index (χ4v) is 3.16. The molecule has 1 N–H and O–H groups in total. The highest BCUT2D eigenvalue weighted by molar-refractivity contribution is 6.09. The molecule has 0 atom stereocenters. The fourth-order valence-electron chi connectivity index (χ4n) is 3.16. The molecule has 0 fully saturated rings. The van der Waals surface area contributed by atoms with Crippen LogP contribution in [-0.4, -0.2) is 44.6 Å². The van der Waals surface area contributed by atoms with Crippen LogP contribution in [0, 0.1) is 0 Å². The number of nitrogens with one attached hydrogen (secondary N) is 1. The Balaban J connectivity index is 1.67. The molecular formula is C21H22N2O5. The van der Waals surface area contributed by atoms with E-state index in [0.29, 0.717) is 34.2 Å². The number of benzene rings is 2. The molecule has 3 rings (SSSR count). The maximum absolute atomic E-state index is 12.5. The van der Waals surface area contributed by atoms with Gasteiger partial charge >= 0.3 is 0 Å². The van der Waals surface area contributed by atoms with Gasteiger partial charge in [-0.05, 0) is 6.07 Å². The van der Waals surface area contributed by atoms with Crippen LogP contribution in [-0.2, 0) is 4.79 Å². The highest BCUT2D eigenvalue weighted by atomic mass is 16.5. The number of ether oxygens (including phenoxy) is 3. The smallest absolute Gasteiger partial charge is 0.258 e. The van der Waals surface area contributed by atoms with Crippen molar-refractivity contribution >= 4 is 23.2 Å². The van der Waals surface area contributed by atoms with E-state index < -0.39 is 0 Å². The van der Waals surface area contributed by atoms with E-state index in [0.717, 1.165) is 5.56 Å². The van der Waals surface area contributed by atoms with Gasteiger partial charge in [-0.2, -0.15) is 0 Å². The highest BCUT2D eigenvalue weighted by Gasteiger charge is 2.30. The summed E-state index contributed by atoms with van der Waals surface area (Å²) >= 11 is 0. The van der Waals surface area contributed by atoms with Crippen molar-refractivity contribution in [1.29, 1.82) is 0 Å². The number of carbonyl (C=O) groups excluding carboxylic acids is 2. The molecule has 0 aliphatic carbocycles. The number of hydrogen-bond donors (Lipinski definition) is 1. The van der Waals surface area contributed by atoms with Crippen molar-refractivity contribution in [3.05, 3.63) is 54.1 Å². The van der Waals surface area contributed by atoms with Gasteiger partial charge < -0.3 is 24.4 Å². The second-order valence-electron chi connectivity index (χ2n) is 6.16. The third-order valence-corrected chi connectivity index (χ3v) is 4.55. The number of amides is 2. The summed E-state index contributed by atoms with van der Waals surface area (Å²) in [5.41, 5.74) is 2.53. The normalized spacial score (nSPS) is 12.6. The molecule has 0 saturated heterocycles. The Morgan fingerprint density at radius 3 is 2.18 bits per heavy atom. The summed E-state index contributed by atoms with van der Waals surface area (Å²) in [6, 6.07) is 10.6.